The number of benzene rings is 1. The van der Waals surface area contributed by atoms with Crippen molar-refractivity contribution in [2.24, 2.45) is 0 Å². The molecule has 1 aromatic carbocycles. The van der Waals surface area contributed by atoms with E-state index in [1.54, 1.807) is 0 Å². The van der Waals surface area contributed by atoms with Gasteiger partial charge in [0.05, 0.1) is 0 Å². The molecule has 0 radical (unpaired) electrons. The van der Waals surface area contributed by atoms with Crippen LogP contribution in [0, 0.1) is 4.64 Å². The van der Waals surface area contributed by atoms with Crippen LogP contribution in [0.1, 0.15) is 19.3 Å². The summed E-state index contributed by atoms with van der Waals surface area (Å²) in [6.07, 6.45) is 3.84. The molecule has 2 aromatic rings. The highest BCUT2D eigenvalue weighted by Crippen LogP contribution is 2.26. The Morgan fingerprint density at radius 3 is 2.53 bits per heavy atom. The second-order valence-corrected chi connectivity index (χ2v) is 4.88. The van der Waals surface area contributed by atoms with Crippen LogP contribution >= 0.6 is 12.2 Å². The third-order valence-electron chi connectivity index (χ3n) is 3.33. The summed E-state index contributed by atoms with van der Waals surface area (Å²) in [6.45, 7) is 2.20. The van der Waals surface area contributed by atoms with Gasteiger partial charge in [0.1, 0.15) is 4.64 Å². The smallest absolute Gasteiger partial charge is 0.156 e. The zero-order chi connectivity index (χ0) is 11.7. The van der Waals surface area contributed by atoms with Gasteiger partial charge in [-0.05, 0) is 19.3 Å². The molecule has 3 nitrogen and oxygen atoms in total. The summed E-state index contributed by atoms with van der Waals surface area (Å²) in [5, 5.41) is 9.65. The van der Waals surface area contributed by atoms with Crippen LogP contribution in [0.15, 0.2) is 24.3 Å². The summed E-state index contributed by atoms with van der Waals surface area (Å²) in [7, 11) is 0. The third-order valence-corrected chi connectivity index (χ3v) is 3.64. The van der Waals surface area contributed by atoms with Crippen molar-refractivity contribution in [3.05, 3.63) is 28.9 Å². The van der Waals surface area contributed by atoms with E-state index in [1.165, 1.54) is 19.3 Å². The molecule has 0 bridgehead atoms. The number of nitrogens with zero attached hydrogens (tertiary/aromatic N) is 2. The van der Waals surface area contributed by atoms with Crippen LogP contribution in [0.5, 0.6) is 0 Å². The van der Waals surface area contributed by atoms with Crippen molar-refractivity contribution in [3.63, 3.8) is 0 Å². The van der Waals surface area contributed by atoms with E-state index in [4.69, 9.17) is 12.2 Å². The maximum Gasteiger partial charge on any atom is 0.156 e. The van der Waals surface area contributed by atoms with Crippen molar-refractivity contribution >= 4 is 28.8 Å². The molecular formula is C13H15N3S. The molecule has 17 heavy (non-hydrogen) atoms. The SMILES string of the molecule is S=c1[nH]nc(N2CCCCC2)c2ccccc12. The van der Waals surface area contributed by atoms with E-state index in [1.807, 2.05) is 12.1 Å². The summed E-state index contributed by atoms with van der Waals surface area (Å²) >= 11 is 5.28. The van der Waals surface area contributed by atoms with Crippen LogP contribution in [-0.4, -0.2) is 23.3 Å². The highest BCUT2D eigenvalue weighted by Gasteiger charge is 2.15. The minimum absolute atomic E-state index is 0.723. The van der Waals surface area contributed by atoms with Crippen molar-refractivity contribution in [1.82, 2.24) is 10.2 Å². The molecule has 1 N–H and O–H groups in total. The van der Waals surface area contributed by atoms with Gasteiger partial charge in [-0.3, -0.25) is 5.10 Å². The summed E-state index contributed by atoms with van der Waals surface area (Å²) in [5.41, 5.74) is 0. The van der Waals surface area contributed by atoms with Crippen LogP contribution in [-0.2, 0) is 0 Å². The fraction of sp³-hybridized carbons (Fsp3) is 0.385. The topological polar surface area (TPSA) is 31.9 Å². The zero-order valence-electron chi connectivity index (χ0n) is 9.65. The van der Waals surface area contributed by atoms with Gasteiger partial charge in [0.2, 0.25) is 0 Å². The Labute approximate surface area is 105 Å². The van der Waals surface area contributed by atoms with E-state index >= 15 is 0 Å². The molecule has 1 fully saturated rings. The highest BCUT2D eigenvalue weighted by molar-refractivity contribution is 7.71. The standard InChI is InChI=1S/C13H15N3S/c17-13-11-7-3-2-6-10(11)12(14-15-13)16-8-4-1-5-9-16/h2-3,6-7H,1,4-5,8-9H2,(H,15,17). The normalized spacial score (nSPS) is 16.4. The van der Waals surface area contributed by atoms with Crippen LogP contribution in [0.3, 0.4) is 0 Å². The number of fused-ring (bicyclic) bond motifs is 1. The van der Waals surface area contributed by atoms with Gasteiger partial charge >= 0.3 is 0 Å². The minimum Gasteiger partial charge on any atom is -0.355 e. The lowest BCUT2D eigenvalue weighted by Gasteiger charge is -2.28. The van der Waals surface area contributed by atoms with Gasteiger partial charge in [0.25, 0.3) is 0 Å². The highest BCUT2D eigenvalue weighted by atomic mass is 32.1. The Morgan fingerprint density at radius 2 is 1.76 bits per heavy atom. The van der Waals surface area contributed by atoms with E-state index in [0.29, 0.717) is 0 Å². The van der Waals surface area contributed by atoms with Gasteiger partial charge in [0, 0.05) is 23.9 Å². The number of rotatable bonds is 1. The predicted octanol–water partition coefficient (Wildman–Crippen LogP) is 3.28. The van der Waals surface area contributed by atoms with Gasteiger partial charge in [0.15, 0.2) is 5.82 Å². The molecule has 0 saturated carbocycles. The van der Waals surface area contributed by atoms with E-state index in [0.717, 1.165) is 34.3 Å². The van der Waals surface area contributed by atoms with Crippen molar-refractivity contribution in [3.8, 4) is 0 Å². The Bertz CT molecular complexity index is 584. The van der Waals surface area contributed by atoms with Crippen molar-refractivity contribution in [1.29, 1.82) is 0 Å². The van der Waals surface area contributed by atoms with Crippen LogP contribution in [0.25, 0.3) is 10.8 Å². The van der Waals surface area contributed by atoms with Gasteiger partial charge < -0.3 is 4.90 Å². The third kappa shape index (κ3) is 1.93. The Morgan fingerprint density at radius 1 is 1.06 bits per heavy atom. The maximum absolute atomic E-state index is 5.28. The minimum atomic E-state index is 0.723. The fourth-order valence-electron chi connectivity index (χ4n) is 2.45. The van der Waals surface area contributed by atoms with Crippen LogP contribution < -0.4 is 4.90 Å². The first-order chi connectivity index (χ1) is 8.36. The van der Waals surface area contributed by atoms with Gasteiger partial charge in [-0.2, -0.15) is 5.10 Å². The first-order valence-electron chi connectivity index (χ1n) is 6.08. The molecule has 88 valence electrons. The number of aromatic nitrogens is 2. The molecule has 2 heterocycles. The van der Waals surface area contributed by atoms with Crippen LogP contribution in [0.2, 0.25) is 0 Å². The number of H-pyrrole nitrogens is 1. The molecule has 1 aliphatic rings. The first kappa shape index (κ1) is 10.7. The number of piperidine rings is 1. The number of hydrogen-bond donors (Lipinski definition) is 1. The van der Waals surface area contributed by atoms with Gasteiger partial charge in [-0.15, -0.1) is 0 Å². The Kier molecular flexibility index (Phi) is 2.81. The van der Waals surface area contributed by atoms with E-state index in [2.05, 4.69) is 27.2 Å². The maximum atomic E-state index is 5.28. The average Bonchev–Trinajstić information content (AvgIpc) is 2.41. The van der Waals surface area contributed by atoms with Crippen molar-refractivity contribution in [2.45, 2.75) is 19.3 Å². The molecule has 0 aliphatic carbocycles. The second kappa shape index (κ2) is 4.45. The van der Waals surface area contributed by atoms with Crippen molar-refractivity contribution in [2.75, 3.05) is 18.0 Å². The monoisotopic (exact) mass is 245 g/mol. The number of aromatic amines is 1. The average molecular weight is 245 g/mol. The summed E-state index contributed by atoms with van der Waals surface area (Å²) in [4.78, 5) is 2.36. The lowest BCUT2D eigenvalue weighted by atomic mass is 10.1. The largest absolute Gasteiger partial charge is 0.355 e. The fourth-order valence-corrected chi connectivity index (χ4v) is 2.67. The Hall–Kier alpha value is -1.42. The summed E-state index contributed by atoms with van der Waals surface area (Å²) in [6, 6.07) is 8.23. The number of anilines is 1. The molecular weight excluding hydrogens is 230 g/mol. The van der Waals surface area contributed by atoms with Crippen molar-refractivity contribution < 1.29 is 0 Å². The summed E-state index contributed by atoms with van der Waals surface area (Å²) in [5.74, 6) is 1.05. The molecule has 1 aromatic heterocycles. The lowest BCUT2D eigenvalue weighted by molar-refractivity contribution is 0.572. The predicted molar refractivity (Wildman–Crippen MR) is 73.0 cm³/mol. The molecule has 4 heteroatoms. The molecule has 0 atom stereocenters. The number of nitrogens with one attached hydrogen (secondary N) is 1. The van der Waals surface area contributed by atoms with Gasteiger partial charge in [-0.25, -0.2) is 0 Å². The Balaban J connectivity index is 2.16. The van der Waals surface area contributed by atoms with E-state index in [-0.39, 0.29) is 0 Å². The molecule has 0 spiro atoms. The lowest BCUT2D eigenvalue weighted by Crippen LogP contribution is -2.30. The molecule has 1 saturated heterocycles. The van der Waals surface area contributed by atoms with Crippen LogP contribution in [0.4, 0.5) is 5.82 Å². The molecule has 1 aliphatic heterocycles. The second-order valence-electron chi connectivity index (χ2n) is 4.47. The summed E-state index contributed by atoms with van der Waals surface area (Å²) < 4.78 is 0.723. The zero-order valence-corrected chi connectivity index (χ0v) is 10.5. The van der Waals surface area contributed by atoms with E-state index < -0.39 is 0 Å². The molecule has 0 unspecified atom stereocenters. The van der Waals surface area contributed by atoms with E-state index in [9.17, 15) is 0 Å². The first-order valence-corrected chi connectivity index (χ1v) is 6.49. The quantitative estimate of drug-likeness (QED) is 0.782. The van der Waals surface area contributed by atoms with Gasteiger partial charge in [-0.1, -0.05) is 36.5 Å². The molecule has 3 rings (SSSR count). The number of hydrogen-bond acceptors (Lipinski definition) is 3. The molecule has 0 amide bonds.